The Bertz CT molecular complexity index is 624. The normalized spacial score (nSPS) is 23.7. The van der Waals surface area contributed by atoms with Crippen molar-refractivity contribution in [3.8, 4) is 5.75 Å². The van der Waals surface area contributed by atoms with Gasteiger partial charge < -0.3 is 14.4 Å². The van der Waals surface area contributed by atoms with E-state index in [0.717, 1.165) is 17.1 Å². The lowest BCUT2D eigenvalue weighted by Crippen LogP contribution is -2.48. The molecule has 0 aromatic heterocycles. The van der Waals surface area contributed by atoms with E-state index in [-0.39, 0.29) is 23.0 Å². The summed E-state index contributed by atoms with van der Waals surface area (Å²) in [6.45, 7) is 1.41. The molecule has 0 saturated carbocycles. The van der Waals surface area contributed by atoms with Crippen LogP contribution in [0, 0.1) is 5.92 Å². The third-order valence-corrected chi connectivity index (χ3v) is 5.52. The number of benzene rings is 1. The first-order valence-corrected chi connectivity index (χ1v) is 8.90. The molecule has 124 valence electrons. The number of amides is 1. The Hall–Kier alpha value is -1.40. The molecule has 23 heavy (non-hydrogen) atoms. The van der Waals surface area contributed by atoms with Crippen LogP contribution in [0.5, 0.6) is 5.75 Å². The van der Waals surface area contributed by atoms with Gasteiger partial charge in [0.2, 0.25) is 5.91 Å². The fourth-order valence-corrected chi connectivity index (χ4v) is 4.23. The largest absolute Gasteiger partial charge is 0.492 e. The fourth-order valence-electron chi connectivity index (χ4n) is 2.90. The fraction of sp³-hybridized carbons (Fsp3) is 0.500. The number of ether oxygens (including phenoxy) is 2. The smallest absolute Gasteiger partial charge is 0.320 e. The monoisotopic (exact) mass is 355 g/mol. The van der Waals surface area contributed by atoms with Gasteiger partial charge in [-0.25, -0.2) is 0 Å². The molecule has 7 heteroatoms. The number of halogens is 1. The van der Waals surface area contributed by atoms with Gasteiger partial charge in [-0.2, -0.15) is 0 Å². The molecular formula is C16H18ClNO4S. The van der Waals surface area contributed by atoms with Crippen LogP contribution in [0.2, 0.25) is 5.02 Å². The molecule has 0 bridgehead atoms. The molecule has 0 spiro atoms. The standard InChI is InChI=1S/C16H18ClNO4S/c1-21-16(20)14-8-18(4-5-23-14)15(19)11-6-10-7-12(17)2-3-13(10)22-9-11/h2-3,7,11,14H,4-6,8-9H2,1H3/t11-,14-/m1/s1. The highest BCUT2D eigenvalue weighted by atomic mass is 35.5. The number of rotatable bonds is 2. The predicted molar refractivity (Wildman–Crippen MR) is 89.0 cm³/mol. The van der Waals surface area contributed by atoms with Crippen LogP contribution in [0.4, 0.5) is 0 Å². The number of hydrogen-bond donors (Lipinski definition) is 0. The average molecular weight is 356 g/mol. The number of carbonyl (C=O) groups is 2. The minimum Gasteiger partial charge on any atom is -0.492 e. The molecule has 5 nitrogen and oxygen atoms in total. The third kappa shape index (κ3) is 3.58. The van der Waals surface area contributed by atoms with E-state index in [9.17, 15) is 9.59 Å². The molecule has 0 N–H and O–H groups in total. The van der Waals surface area contributed by atoms with Gasteiger partial charge in [0, 0.05) is 23.9 Å². The second-order valence-electron chi connectivity index (χ2n) is 5.63. The highest BCUT2D eigenvalue weighted by Crippen LogP contribution is 2.31. The molecule has 2 atom stereocenters. The molecule has 0 aliphatic carbocycles. The van der Waals surface area contributed by atoms with Crippen molar-refractivity contribution in [2.24, 2.45) is 5.92 Å². The van der Waals surface area contributed by atoms with Crippen molar-refractivity contribution in [2.45, 2.75) is 11.7 Å². The molecule has 2 aliphatic rings. The van der Waals surface area contributed by atoms with E-state index in [0.29, 0.717) is 31.1 Å². The lowest BCUT2D eigenvalue weighted by atomic mass is 9.95. The van der Waals surface area contributed by atoms with Gasteiger partial charge in [0.1, 0.15) is 17.6 Å². The molecule has 2 aliphatic heterocycles. The van der Waals surface area contributed by atoms with Crippen molar-refractivity contribution in [3.63, 3.8) is 0 Å². The van der Waals surface area contributed by atoms with Gasteiger partial charge in [-0.1, -0.05) is 11.6 Å². The predicted octanol–water partition coefficient (Wildman–Crippen LogP) is 2.01. The van der Waals surface area contributed by atoms with Crippen molar-refractivity contribution in [2.75, 3.05) is 32.6 Å². The molecule has 2 heterocycles. The van der Waals surface area contributed by atoms with Crippen LogP contribution in [0.1, 0.15) is 5.56 Å². The number of esters is 1. The van der Waals surface area contributed by atoms with Gasteiger partial charge >= 0.3 is 5.97 Å². The summed E-state index contributed by atoms with van der Waals surface area (Å²) >= 11 is 7.55. The number of methoxy groups -OCH3 is 1. The van der Waals surface area contributed by atoms with Crippen LogP contribution in [-0.2, 0) is 20.7 Å². The zero-order valence-electron chi connectivity index (χ0n) is 12.8. The topological polar surface area (TPSA) is 55.8 Å². The van der Waals surface area contributed by atoms with E-state index < -0.39 is 0 Å². The maximum Gasteiger partial charge on any atom is 0.320 e. The zero-order valence-corrected chi connectivity index (χ0v) is 14.4. The van der Waals surface area contributed by atoms with Crippen molar-refractivity contribution in [1.29, 1.82) is 0 Å². The Balaban J connectivity index is 1.68. The van der Waals surface area contributed by atoms with Gasteiger partial charge in [-0.15, -0.1) is 11.8 Å². The summed E-state index contributed by atoms with van der Waals surface area (Å²) in [7, 11) is 1.37. The van der Waals surface area contributed by atoms with Gasteiger partial charge in [0.25, 0.3) is 0 Å². The highest BCUT2D eigenvalue weighted by Gasteiger charge is 2.34. The van der Waals surface area contributed by atoms with Crippen LogP contribution < -0.4 is 4.74 Å². The highest BCUT2D eigenvalue weighted by molar-refractivity contribution is 8.00. The van der Waals surface area contributed by atoms with Crippen molar-refractivity contribution >= 4 is 35.2 Å². The summed E-state index contributed by atoms with van der Waals surface area (Å²) in [5.74, 6) is 1.05. The van der Waals surface area contributed by atoms with Gasteiger partial charge in [-0.05, 0) is 30.2 Å². The first kappa shape index (κ1) is 16.5. The first-order valence-electron chi connectivity index (χ1n) is 7.48. The van der Waals surface area contributed by atoms with Gasteiger partial charge in [-0.3, -0.25) is 9.59 Å². The van der Waals surface area contributed by atoms with E-state index in [1.165, 1.54) is 18.9 Å². The van der Waals surface area contributed by atoms with Crippen molar-refractivity contribution in [3.05, 3.63) is 28.8 Å². The summed E-state index contributed by atoms with van der Waals surface area (Å²) in [5.41, 5.74) is 0.956. The second-order valence-corrected chi connectivity index (χ2v) is 7.38. The lowest BCUT2D eigenvalue weighted by molar-refractivity contribution is -0.142. The Labute approximate surface area is 144 Å². The summed E-state index contributed by atoms with van der Waals surface area (Å²) in [5, 5.41) is 0.338. The Morgan fingerprint density at radius 2 is 2.26 bits per heavy atom. The quantitative estimate of drug-likeness (QED) is 0.759. The van der Waals surface area contributed by atoms with Gasteiger partial charge in [0.05, 0.1) is 13.0 Å². The van der Waals surface area contributed by atoms with Crippen LogP contribution in [0.3, 0.4) is 0 Å². The average Bonchev–Trinajstić information content (AvgIpc) is 2.59. The van der Waals surface area contributed by atoms with Crippen molar-refractivity contribution < 1.29 is 19.1 Å². The molecule has 1 amide bonds. The summed E-state index contributed by atoms with van der Waals surface area (Å²) in [6.07, 6.45) is 0.612. The minimum absolute atomic E-state index is 0.0322. The number of nitrogens with zero attached hydrogens (tertiary/aromatic N) is 1. The van der Waals surface area contributed by atoms with Gasteiger partial charge in [0.15, 0.2) is 0 Å². The van der Waals surface area contributed by atoms with Crippen molar-refractivity contribution in [1.82, 2.24) is 4.90 Å². The van der Waals surface area contributed by atoms with E-state index in [1.807, 2.05) is 12.1 Å². The molecule has 3 rings (SSSR count). The molecular weight excluding hydrogens is 338 g/mol. The summed E-state index contributed by atoms with van der Waals surface area (Å²) in [4.78, 5) is 26.2. The molecule has 0 unspecified atom stereocenters. The lowest BCUT2D eigenvalue weighted by Gasteiger charge is -2.34. The third-order valence-electron chi connectivity index (χ3n) is 4.12. The van der Waals surface area contributed by atoms with E-state index in [4.69, 9.17) is 21.1 Å². The number of fused-ring (bicyclic) bond motifs is 1. The molecule has 1 fully saturated rings. The minimum atomic E-state index is -0.302. The Morgan fingerprint density at radius 3 is 3.04 bits per heavy atom. The first-order chi connectivity index (χ1) is 11.1. The Kier molecular flexibility index (Phi) is 5.02. The summed E-state index contributed by atoms with van der Waals surface area (Å²) < 4.78 is 10.5. The Morgan fingerprint density at radius 1 is 1.43 bits per heavy atom. The zero-order chi connectivity index (χ0) is 16.4. The maximum atomic E-state index is 12.8. The maximum absolute atomic E-state index is 12.8. The summed E-state index contributed by atoms with van der Waals surface area (Å²) in [6, 6.07) is 5.47. The second kappa shape index (κ2) is 7.01. The van der Waals surface area contributed by atoms with E-state index in [2.05, 4.69) is 0 Å². The molecule has 1 aromatic carbocycles. The molecule has 1 saturated heterocycles. The van der Waals surface area contributed by atoms with Crippen LogP contribution in [0.25, 0.3) is 0 Å². The van der Waals surface area contributed by atoms with E-state index >= 15 is 0 Å². The molecule has 1 aromatic rings. The van der Waals surface area contributed by atoms with E-state index in [1.54, 1.807) is 11.0 Å². The van der Waals surface area contributed by atoms with Crippen LogP contribution in [-0.4, -0.2) is 54.6 Å². The SMILES string of the molecule is COC(=O)[C@H]1CN(C(=O)[C@H]2COc3ccc(Cl)cc3C2)CCS1. The van der Waals surface area contributed by atoms with Crippen LogP contribution >= 0.6 is 23.4 Å². The molecule has 0 radical (unpaired) electrons. The number of carbonyl (C=O) groups excluding carboxylic acids is 2. The van der Waals surface area contributed by atoms with Crippen LogP contribution in [0.15, 0.2) is 18.2 Å². The number of thioether (sulfide) groups is 1. The number of hydrogen-bond acceptors (Lipinski definition) is 5.